The smallest absolute Gasteiger partial charge is 0.407 e. The molecule has 5 nitrogen and oxygen atoms in total. The largest absolute Gasteiger partial charge is 0.450 e. The monoisotopic (exact) mass is 332 g/mol. The number of halogens is 2. The molecule has 0 radical (unpaired) electrons. The SMILES string of the molecule is CCOC(=O)NCCC(=O)N(C)Cc1cccc(Cl)c1Cl. The van der Waals surface area contributed by atoms with Crippen LogP contribution in [0.4, 0.5) is 4.79 Å². The molecule has 1 rings (SSSR count). The lowest BCUT2D eigenvalue weighted by molar-refractivity contribution is -0.130. The zero-order chi connectivity index (χ0) is 15.8. The normalized spacial score (nSPS) is 10.1. The number of hydrogen-bond acceptors (Lipinski definition) is 3. The van der Waals surface area contributed by atoms with Gasteiger partial charge in [0.05, 0.1) is 16.7 Å². The quantitative estimate of drug-likeness (QED) is 0.870. The minimum absolute atomic E-state index is 0.108. The Hall–Kier alpha value is -1.46. The van der Waals surface area contributed by atoms with Crippen LogP contribution >= 0.6 is 23.2 Å². The maximum absolute atomic E-state index is 11.9. The number of rotatable bonds is 6. The Balaban J connectivity index is 2.44. The lowest BCUT2D eigenvalue weighted by Crippen LogP contribution is -2.32. The Kier molecular flexibility index (Phi) is 7.32. The first-order chi connectivity index (χ1) is 9.95. The fourth-order valence-electron chi connectivity index (χ4n) is 1.66. The van der Waals surface area contributed by atoms with Crippen LogP contribution in [-0.2, 0) is 16.1 Å². The highest BCUT2D eigenvalue weighted by molar-refractivity contribution is 6.42. The molecule has 0 aromatic heterocycles. The average Bonchev–Trinajstić information content (AvgIpc) is 2.44. The van der Waals surface area contributed by atoms with Crippen molar-refractivity contribution in [2.45, 2.75) is 19.9 Å². The van der Waals surface area contributed by atoms with Gasteiger partial charge in [-0.1, -0.05) is 35.3 Å². The molecule has 0 atom stereocenters. The van der Waals surface area contributed by atoms with E-state index in [1.807, 2.05) is 6.07 Å². The predicted molar refractivity (Wildman–Crippen MR) is 82.6 cm³/mol. The van der Waals surface area contributed by atoms with Crippen molar-refractivity contribution in [2.24, 2.45) is 0 Å². The molecule has 0 aliphatic rings. The maximum Gasteiger partial charge on any atom is 0.407 e. The summed E-state index contributed by atoms with van der Waals surface area (Å²) in [4.78, 5) is 24.6. The number of nitrogens with one attached hydrogen (secondary N) is 1. The Bertz CT molecular complexity index is 509. The van der Waals surface area contributed by atoms with Crippen molar-refractivity contribution in [2.75, 3.05) is 20.2 Å². The Morgan fingerprint density at radius 2 is 2.05 bits per heavy atom. The van der Waals surface area contributed by atoms with Crippen LogP contribution in [0.2, 0.25) is 10.0 Å². The van der Waals surface area contributed by atoms with E-state index in [2.05, 4.69) is 5.32 Å². The van der Waals surface area contributed by atoms with Gasteiger partial charge < -0.3 is 15.0 Å². The van der Waals surface area contributed by atoms with E-state index in [-0.39, 0.29) is 18.9 Å². The van der Waals surface area contributed by atoms with E-state index in [9.17, 15) is 9.59 Å². The molecule has 0 saturated carbocycles. The van der Waals surface area contributed by atoms with Gasteiger partial charge in [-0.3, -0.25) is 4.79 Å². The summed E-state index contributed by atoms with van der Waals surface area (Å²) in [5.74, 6) is -0.108. The topological polar surface area (TPSA) is 58.6 Å². The Morgan fingerprint density at radius 1 is 1.33 bits per heavy atom. The number of hydrogen-bond donors (Lipinski definition) is 1. The molecular weight excluding hydrogens is 315 g/mol. The van der Waals surface area contributed by atoms with E-state index in [4.69, 9.17) is 27.9 Å². The first-order valence-electron chi connectivity index (χ1n) is 6.53. The third kappa shape index (κ3) is 5.81. The standard InChI is InChI=1S/C14H18Cl2N2O3/c1-3-21-14(20)17-8-7-12(19)18(2)9-10-5-4-6-11(15)13(10)16/h4-6H,3,7-9H2,1-2H3,(H,17,20). The van der Waals surface area contributed by atoms with Gasteiger partial charge in [0.15, 0.2) is 0 Å². The van der Waals surface area contributed by atoms with Crippen molar-refractivity contribution in [1.29, 1.82) is 0 Å². The van der Waals surface area contributed by atoms with Crippen LogP contribution in [0.5, 0.6) is 0 Å². The zero-order valence-corrected chi connectivity index (χ0v) is 13.5. The van der Waals surface area contributed by atoms with Gasteiger partial charge in [-0.25, -0.2) is 4.79 Å². The highest BCUT2D eigenvalue weighted by Crippen LogP contribution is 2.26. The van der Waals surface area contributed by atoms with Crippen molar-refractivity contribution < 1.29 is 14.3 Å². The van der Waals surface area contributed by atoms with Crippen LogP contribution in [0, 0.1) is 0 Å². The molecule has 1 N–H and O–H groups in total. The van der Waals surface area contributed by atoms with E-state index >= 15 is 0 Å². The number of ether oxygens (including phenoxy) is 1. The number of alkyl carbamates (subject to hydrolysis) is 1. The van der Waals surface area contributed by atoms with Gasteiger partial charge in [-0.05, 0) is 18.6 Å². The van der Waals surface area contributed by atoms with Crippen LogP contribution in [0.25, 0.3) is 0 Å². The second-order valence-corrected chi connectivity index (χ2v) is 5.15. The van der Waals surface area contributed by atoms with Gasteiger partial charge in [-0.15, -0.1) is 0 Å². The summed E-state index contributed by atoms with van der Waals surface area (Å²) in [5, 5.41) is 3.40. The van der Waals surface area contributed by atoms with Crippen molar-refractivity contribution >= 4 is 35.2 Å². The van der Waals surface area contributed by atoms with Crippen molar-refractivity contribution in [3.63, 3.8) is 0 Å². The summed E-state index contributed by atoms with van der Waals surface area (Å²) in [5.41, 5.74) is 0.776. The molecule has 0 bridgehead atoms. The van der Waals surface area contributed by atoms with Crippen LogP contribution in [0.15, 0.2) is 18.2 Å². The van der Waals surface area contributed by atoms with Crippen molar-refractivity contribution in [1.82, 2.24) is 10.2 Å². The van der Waals surface area contributed by atoms with Crippen molar-refractivity contribution in [3.05, 3.63) is 33.8 Å². The molecule has 7 heteroatoms. The molecule has 0 aliphatic heterocycles. The van der Waals surface area contributed by atoms with Crippen molar-refractivity contribution in [3.8, 4) is 0 Å². The molecule has 0 saturated heterocycles. The van der Waals surface area contributed by atoms with Gasteiger partial charge in [0, 0.05) is 26.6 Å². The van der Waals surface area contributed by atoms with Crippen LogP contribution in [0.1, 0.15) is 18.9 Å². The first-order valence-corrected chi connectivity index (χ1v) is 7.28. The molecule has 0 aliphatic carbocycles. The summed E-state index contributed by atoms with van der Waals surface area (Å²) in [6.07, 6.45) is -0.334. The number of nitrogens with zero attached hydrogens (tertiary/aromatic N) is 1. The molecule has 1 aromatic carbocycles. The Morgan fingerprint density at radius 3 is 2.71 bits per heavy atom. The van der Waals surface area contributed by atoms with Crippen LogP contribution in [-0.4, -0.2) is 37.1 Å². The predicted octanol–water partition coefficient (Wildman–Crippen LogP) is 3.09. The summed E-state index contributed by atoms with van der Waals surface area (Å²) in [6.45, 7) is 2.60. The molecule has 0 fully saturated rings. The summed E-state index contributed by atoms with van der Waals surface area (Å²) < 4.78 is 4.70. The number of benzene rings is 1. The van der Waals surface area contributed by atoms with Gasteiger partial charge >= 0.3 is 6.09 Å². The molecule has 1 aromatic rings. The summed E-state index contributed by atoms with van der Waals surface area (Å²) >= 11 is 12.0. The molecule has 0 spiro atoms. The number of carbonyl (C=O) groups is 2. The maximum atomic E-state index is 11.9. The van der Waals surface area contributed by atoms with E-state index in [0.717, 1.165) is 5.56 Å². The summed E-state index contributed by atoms with van der Waals surface area (Å²) in [6, 6.07) is 5.29. The van der Waals surface area contributed by atoms with Gasteiger partial charge in [0.25, 0.3) is 0 Å². The second kappa shape index (κ2) is 8.74. The van der Waals surface area contributed by atoms with Crippen LogP contribution < -0.4 is 5.32 Å². The number of carbonyl (C=O) groups excluding carboxylic acids is 2. The minimum atomic E-state index is -0.522. The minimum Gasteiger partial charge on any atom is -0.450 e. The fourth-order valence-corrected chi connectivity index (χ4v) is 2.04. The molecule has 2 amide bonds. The first kappa shape index (κ1) is 17.6. The highest BCUT2D eigenvalue weighted by Gasteiger charge is 2.12. The van der Waals surface area contributed by atoms with Gasteiger partial charge in [0.1, 0.15) is 0 Å². The van der Waals surface area contributed by atoms with Gasteiger partial charge in [-0.2, -0.15) is 0 Å². The van der Waals surface area contributed by atoms with E-state index < -0.39 is 6.09 Å². The number of amides is 2. The molecule has 116 valence electrons. The third-order valence-corrected chi connectivity index (χ3v) is 3.61. The molecular formula is C14H18Cl2N2O3. The lowest BCUT2D eigenvalue weighted by Gasteiger charge is -2.18. The molecule has 0 heterocycles. The fraction of sp³-hybridized carbons (Fsp3) is 0.429. The third-order valence-electron chi connectivity index (χ3n) is 2.75. The van der Waals surface area contributed by atoms with E-state index in [0.29, 0.717) is 23.2 Å². The summed E-state index contributed by atoms with van der Waals surface area (Å²) in [7, 11) is 1.67. The molecule has 21 heavy (non-hydrogen) atoms. The second-order valence-electron chi connectivity index (χ2n) is 4.36. The van der Waals surface area contributed by atoms with Gasteiger partial charge in [0.2, 0.25) is 5.91 Å². The van der Waals surface area contributed by atoms with Crippen LogP contribution in [0.3, 0.4) is 0 Å². The molecule has 0 unspecified atom stereocenters. The zero-order valence-electron chi connectivity index (χ0n) is 12.0. The van der Waals surface area contributed by atoms with E-state index in [1.165, 1.54) is 4.90 Å². The van der Waals surface area contributed by atoms with E-state index in [1.54, 1.807) is 26.1 Å². The lowest BCUT2D eigenvalue weighted by atomic mass is 10.2. The highest BCUT2D eigenvalue weighted by atomic mass is 35.5. The average molecular weight is 333 g/mol. The Labute approximate surface area is 134 Å².